The first-order valence-corrected chi connectivity index (χ1v) is 11.9. The van der Waals surface area contributed by atoms with E-state index in [1.807, 2.05) is 43.0 Å². The van der Waals surface area contributed by atoms with Crippen molar-refractivity contribution < 1.29 is 23.5 Å². The highest BCUT2D eigenvalue weighted by Crippen LogP contribution is 2.35. The van der Waals surface area contributed by atoms with E-state index in [1.54, 1.807) is 7.05 Å². The molecule has 0 N–H and O–H groups in total. The number of carbonyl (C=O) groups is 2. The lowest BCUT2D eigenvalue weighted by Crippen LogP contribution is -2.45. The van der Waals surface area contributed by atoms with Crippen molar-refractivity contribution in [3.05, 3.63) is 64.9 Å². The zero-order valence-electron chi connectivity index (χ0n) is 19.7. The molecule has 0 bridgehead atoms. The summed E-state index contributed by atoms with van der Waals surface area (Å²) in [7, 11) is 1.67. The van der Waals surface area contributed by atoms with Crippen LogP contribution in [0.1, 0.15) is 38.2 Å². The number of carbonyl (C=O) groups excluding carboxylic acids is 2. The molecule has 2 heterocycles. The lowest BCUT2D eigenvalue weighted by molar-refractivity contribution is -0.144. The van der Waals surface area contributed by atoms with E-state index in [1.165, 1.54) is 29.2 Å². The van der Waals surface area contributed by atoms with Gasteiger partial charge in [0.1, 0.15) is 11.6 Å². The van der Waals surface area contributed by atoms with Gasteiger partial charge >= 0.3 is 6.09 Å². The molecule has 182 valence electrons. The van der Waals surface area contributed by atoms with Crippen molar-refractivity contribution in [1.82, 2.24) is 9.80 Å². The Morgan fingerprint density at radius 2 is 1.79 bits per heavy atom. The molecule has 0 saturated carbocycles. The predicted octanol–water partition coefficient (Wildman–Crippen LogP) is 5.11. The highest BCUT2D eigenvalue weighted by molar-refractivity contribution is 6.30. The molecule has 2 aromatic carbocycles. The van der Waals surface area contributed by atoms with Crippen LogP contribution in [0.3, 0.4) is 0 Å². The van der Waals surface area contributed by atoms with Crippen molar-refractivity contribution in [3.63, 3.8) is 0 Å². The van der Waals surface area contributed by atoms with Gasteiger partial charge < -0.3 is 19.3 Å². The lowest BCUT2D eigenvalue weighted by Gasteiger charge is -2.36. The highest BCUT2D eigenvalue weighted by Gasteiger charge is 2.43. The number of benzene rings is 2. The smallest absolute Gasteiger partial charge is 0.410 e. The Kier molecular flexibility index (Phi) is 7.14. The first-order chi connectivity index (χ1) is 16.1. The largest absolute Gasteiger partial charge is 0.415 e. The second-order valence-electron chi connectivity index (χ2n) is 9.70. The average molecular weight is 489 g/mol. The third kappa shape index (κ3) is 5.53. The van der Waals surface area contributed by atoms with E-state index in [-0.39, 0.29) is 35.1 Å². The van der Waals surface area contributed by atoms with E-state index in [2.05, 4.69) is 0 Å². The van der Waals surface area contributed by atoms with Crippen molar-refractivity contribution in [1.29, 1.82) is 0 Å². The van der Waals surface area contributed by atoms with Crippen molar-refractivity contribution >= 4 is 23.6 Å². The summed E-state index contributed by atoms with van der Waals surface area (Å²) in [5.41, 5.74) is 0.668. The molecule has 2 saturated heterocycles. The third-order valence-corrected chi connectivity index (χ3v) is 7.00. The summed E-state index contributed by atoms with van der Waals surface area (Å²) in [6, 6.07) is 12.5. The third-order valence-electron chi connectivity index (χ3n) is 6.75. The van der Waals surface area contributed by atoms with E-state index in [9.17, 15) is 14.0 Å². The van der Waals surface area contributed by atoms with E-state index < -0.39 is 11.9 Å². The first-order valence-electron chi connectivity index (χ1n) is 11.5. The molecule has 0 spiro atoms. The van der Waals surface area contributed by atoms with Crippen LogP contribution in [0.25, 0.3) is 0 Å². The second-order valence-corrected chi connectivity index (χ2v) is 10.1. The maximum atomic E-state index is 13.5. The van der Waals surface area contributed by atoms with Crippen molar-refractivity contribution in [2.24, 2.45) is 5.92 Å². The van der Waals surface area contributed by atoms with Gasteiger partial charge in [-0.2, -0.15) is 0 Å². The molecular formula is C26H30ClFN2O4. The number of hydrogen-bond acceptors (Lipinski definition) is 4. The molecule has 0 aliphatic carbocycles. The fourth-order valence-electron chi connectivity index (χ4n) is 4.91. The molecular weight excluding hydrogens is 459 g/mol. The number of halogens is 2. The van der Waals surface area contributed by atoms with Crippen LogP contribution < -0.4 is 4.74 Å². The van der Waals surface area contributed by atoms with Crippen LogP contribution in [0.2, 0.25) is 5.02 Å². The number of nitrogens with zero attached hydrogens (tertiary/aromatic N) is 2. The monoisotopic (exact) mass is 488 g/mol. The summed E-state index contributed by atoms with van der Waals surface area (Å²) < 4.78 is 24.5. The van der Waals surface area contributed by atoms with Crippen molar-refractivity contribution in [2.45, 2.75) is 44.2 Å². The van der Waals surface area contributed by atoms with Gasteiger partial charge in [-0.3, -0.25) is 4.79 Å². The molecule has 2 fully saturated rings. The van der Waals surface area contributed by atoms with Crippen molar-refractivity contribution in [3.8, 4) is 5.75 Å². The molecule has 2 aliphatic heterocycles. The van der Waals surface area contributed by atoms with Crippen LogP contribution in [0.15, 0.2) is 48.5 Å². The Hall–Kier alpha value is -2.64. The molecule has 3 atom stereocenters. The number of rotatable bonds is 4. The summed E-state index contributed by atoms with van der Waals surface area (Å²) in [5.74, 6) is -0.253. The van der Waals surface area contributed by atoms with Gasteiger partial charge in [-0.1, -0.05) is 23.7 Å². The van der Waals surface area contributed by atoms with Crippen LogP contribution in [0, 0.1) is 11.7 Å². The molecule has 2 aromatic rings. The normalized spacial score (nSPS) is 24.0. The summed E-state index contributed by atoms with van der Waals surface area (Å²) in [6.07, 6.45) is 0.801. The van der Waals surface area contributed by atoms with E-state index in [4.69, 9.17) is 21.1 Å². The maximum Gasteiger partial charge on any atom is 0.415 e. The Morgan fingerprint density at radius 3 is 2.44 bits per heavy atom. The minimum atomic E-state index is -0.558. The van der Waals surface area contributed by atoms with Gasteiger partial charge in [0, 0.05) is 43.6 Å². The van der Waals surface area contributed by atoms with Gasteiger partial charge in [-0.15, -0.1) is 0 Å². The summed E-state index contributed by atoms with van der Waals surface area (Å²) in [6.45, 7) is 5.48. The zero-order valence-corrected chi connectivity index (χ0v) is 20.4. The topological polar surface area (TPSA) is 59.1 Å². The number of hydrogen-bond donors (Lipinski definition) is 0. The van der Waals surface area contributed by atoms with Gasteiger partial charge in [0.05, 0.1) is 11.6 Å². The molecule has 4 rings (SSSR count). The fraction of sp³-hybridized carbons (Fsp3) is 0.462. The standard InChI is InChI=1S/C26H30ClFN2O4/c1-26(2)14-18(12-13-33-26)24(31)30-15-22(17-4-6-19(27)7-5-17)23(16-30)29(3)25(32)34-21-10-8-20(28)9-11-21/h4-11,18,22-23H,12-16H2,1-3H3. The van der Waals surface area contributed by atoms with Crippen LogP contribution in [-0.2, 0) is 9.53 Å². The van der Waals surface area contributed by atoms with Gasteiger partial charge in [-0.25, -0.2) is 9.18 Å². The molecule has 3 unspecified atom stereocenters. The van der Waals surface area contributed by atoms with E-state index >= 15 is 0 Å². The predicted molar refractivity (Wildman–Crippen MR) is 128 cm³/mol. The van der Waals surface area contributed by atoms with Gasteiger partial charge in [0.15, 0.2) is 0 Å². The molecule has 6 nitrogen and oxygen atoms in total. The molecule has 0 radical (unpaired) electrons. The fourth-order valence-corrected chi connectivity index (χ4v) is 5.03. The SMILES string of the molecule is CN(C(=O)Oc1ccc(F)cc1)C1CN(C(=O)C2CCOC(C)(C)C2)CC1c1ccc(Cl)cc1. The van der Waals surface area contributed by atoms with Gasteiger partial charge in [0.2, 0.25) is 5.91 Å². The number of likely N-dealkylation sites (N-methyl/N-ethyl adjacent to an activating group) is 1. The first kappa shape index (κ1) is 24.5. The van der Waals surface area contributed by atoms with Crippen LogP contribution >= 0.6 is 11.6 Å². The number of amides is 2. The Labute approximate surface area is 204 Å². The number of likely N-dealkylation sites (tertiary alicyclic amines) is 1. The van der Waals surface area contributed by atoms with Crippen LogP contribution in [-0.4, -0.2) is 60.2 Å². The summed E-state index contributed by atoms with van der Waals surface area (Å²) in [5, 5.41) is 0.625. The Balaban J connectivity index is 1.53. The van der Waals surface area contributed by atoms with E-state index in [0.717, 1.165) is 5.56 Å². The minimum Gasteiger partial charge on any atom is -0.410 e. The molecule has 0 aromatic heterocycles. The summed E-state index contributed by atoms with van der Waals surface area (Å²) in [4.78, 5) is 29.8. The molecule has 2 aliphatic rings. The van der Waals surface area contributed by atoms with Gasteiger partial charge in [-0.05, 0) is 68.7 Å². The second kappa shape index (κ2) is 9.92. The quantitative estimate of drug-likeness (QED) is 0.600. The summed E-state index contributed by atoms with van der Waals surface area (Å²) >= 11 is 6.09. The van der Waals surface area contributed by atoms with Crippen LogP contribution in [0.4, 0.5) is 9.18 Å². The van der Waals surface area contributed by atoms with Crippen LogP contribution in [0.5, 0.6) is 5.75 Å². The average Bonchev–Trinajstić information content (AvgIpc) is 3.24. The molecule has 2 amide bonds. The highest BCUT2D eigenvalue weighted by atomic mass is 35.5. The molecule has 8 heteroatoms. The van der Waals surface area contributed by atoms with Gasteiger partial charge in [0.25, 0.3) is 0 Å². The Morgan fingerprint density at radius 1 is 1.12 bits per heavy atom. The maximum absolute atomic E-state index is 13.5. The van der Waals surface area contributed by atoms with E-state index in [0.29, 0.717) is 37.6 Å². The molecule has 34 heavy (non-hydrogen) atoms. The number of ether oxygens (including phenoxy) is 2. The lowest BCUT2D eigenvalue weighted by atomic mass is 9.87. The van der Waals surface area contributed by atoms with Crippen molar-refractivity contribution in [2.75, 3.05) is 26.7 Å². The Bertz CT molecular complexity index is 1030. The minimum absolute atomic E-state index is 0.0955. The zero-order chi connectivity index (χ0) is 24.5.